The first kappa shape index (κ1) is 11.4. The van der Waals surface area contributed by atoms with Crippen molar-refractivity contribution in [2.24, 2.45) is 5.92 Å². The number of hydrogen-bond donors (Lipinski definition) is 1. The molecule has 0 aromatic heterocycles. The number of aliphatic hydroxyl groups excluding tert-OH is 1. The normalized spacial score (nSPS) is 34.0. The molecule has 0 aliphatic carbocycles. The topological polar surface area (TPSA) is 26.7 Å². The molecule has 2 saturated heterocycles. The molecule has 2 fully saturated rings. The molecule has 2 aliphatic rings. The van der Waals surface area contributed by atoms with Crippen molar-refractivity contribution in [3.63, 3.8) is 0 Å². The van der Waals surface area contributed by atoms with E-state index in [2.05, 4.69) is 16.8 Å². The molecule has 1 N–H and O–H groups in total. The number of rotatable bonds is 4. The average Bonchev–Trinajstić information content (AvgIpc) is 2.84. The lowest BCUT2D eigenvalue weighted by Gasteiger charge is -2.22. The van der Waals surface area contributed by atoms with E-state index in [0.717, 1.165) is 12.6 Å². The van der Waals surface area contributed by atoms with Crippen LogP contribution in [0.4, 0.5) is 0 Å². The summed E-state index contributed by atoms with van der Waals surface area (Å²) in [6.45, 7) is 5.20. The van der Waals surface area contributed by atoms with E-state index >= 15 is 0 Å². The van der Waals surface area contributed by atoms with Crippen LogP contribution >= 0.6 is 0 Å². The Balaban J connectivity index is 1.66. The SMILES string of the molecule is CN1CCCC1CCN1CCC(CO)C1. The number of hydrogen-bond acceptors (Lipinski definition) is 3. The van der Waals surface area contributed by atoms with E-state index in [0.29, 0.717) is 12.5 Å². The maximum absolute atomic E-state index is 9.07. The average molecular weight is 212 g/mol. The molecular formula is C12H24N2O. The van der Waals surface area contributed by atoms with Crippen LogP contribution in [0.5, 0.6) is 0 Å². The highest BCUT2D eigenvalue weighted by atomic mass is 16.3. The van der Waals surface area contributed by atoms with E-state index < -0.39 is 0 Å². The summed E-state index contributed by atoms with van der Waals surface area (Å²) in [6, 6.07) is 0.818. The molecule has 2 rings (SSSR count). The molecule has 88 valence electrons. The minimum absolute atomic E-state index is 0.375. The smallest absolute Gasteiger partial charge is 0.0471 e. The summed E-state index contributed by atoms with van der Waals surface area (Å²) < 4.78 is 0. The fraction of sp³-hybridized carbons (Fsp3) is 1.00. The van der Waals surface area contributed by atoms with Crippen LogP contribution in [-0.2, 0) is 0 Å². The predicted octanol–water partition coefficient (Wildman–Crippen LogP) is 0.785. The summed E-state index contributed by atoms with van der Waals surface area (Å²) in [7, 11) is 2.25. The minimum atomic E-state index is 0.375. The third-order valence-electron chi connectivity index (χ3n) is 4.08. The van der Waals surface area contributed by atoms with Gasteiger partial charge in [-0.25, -0.2) is 0 Å². The lowest BCUT2D eigenvalue weighted by Crippen LogP contribution is -2.31. The highest BCUT2D eigenvalue weighted by molar-refractivity contribution is 4.80. The van der Waals surface area contributed by atoms with Crippen molar-refractivity contribution >= 4 is 0 Å². The van der Waals surface area contributed by atoms with Gasteiger partial charge in [0.05, 0.1) is 0 Å². The van der Waals surface area contributed by atoms with E-state index in [1.54, 1.807) is 0 Å². The van der Waals surface area contributed by atoms with E-state index in [4.69, 9.17) is 5.11 Å². The highest BCUT2D eigenvalue weighted by Crippen LogP contribution is 2.20. The third kappa shape index (κ3) is 2.92. The van der Waals surface area contributed by atoms with Gasteiger partial charge in [0, 0.05) is 19.2 Å². The zero-order chi connectivity index (χ0) is 10.7. The van der Waals surface area contributed by atoms with Crippen LogP contribution in [0.3, 0.4) is 0 Å². The monoisotopic (exact) mass is 212 g/mol. The zero-order valence-electron chi connectivity index (χ0n) is 9.86. The van der Waals surface area contributed by atoms with Crippen LogP contribution in [0.25, 0.3) is 0 Å². The van der Waals surface area contributed by atoms with Crippen molar-refractivity contribution in [2.75, 3.05) is 39.8 Å². The van der Waals surface area contributed by atoms with Crippen LogP contribution in [0.15, 0.2) is 0 Å². The van der Waals surface area contributed by atoms with Crippen LogP contribution in [0.2, 0.25) is 0 Å². The Morgan fingerprint density at radius 3 is 2.73 bits per heavy atom. The second-order valence-corrected chi connectivity index (χ2v) is 5.20. The molecule has 0 saturated carbocycles. The van der Waals surface area contributed by atoms with Crippen LogP contribution in [0.1, 0.15) is 25.7 Å². The Hall–Kier alpha value is -0.120. The van der Waals surface area contributed by atoms with E-state index in [1.807, 2.05) is 0 Å². The fourth-order valence-electron chi connectivity index (χ4n) is 2.94. The Bertz CT molecular complexity index is 198. The summed E-state index contributed by atoms with van der Waals surface area (Å²) >= 11 is 0. The lowest BCUT2D eigenvalue weighted by molar-refractivity contribution is 0.211. The van der Waals surface area contributed by atoms with E-state index in [9.17, 15) is 0 Å². The van der Waals surface area contributed by atoms with E-state index in [-0.39, 0.29) is 0 Å². The summed E-state index contributed by atoms with van der Waals surface area (Å²) in [5.41, 5.74) is 0. The third-order valence-corrected chi connectivity index (χ3v) is 4.08. The lowest BCUT2D eigenvalue weighted by atomic mass is 10.1. The van der Waals surface area contributed by atoms with Crippen molar-refractivity contribution < 1.29 is 5.11 Å². The van der Waals surface area contributed by atoms with Gasteiger partial charge in [-0.2, -0.15) is 0 Å². The van der Waals surface area contributed by atoms with Crippen molar-refractivity contribution in [3.05, 3.63) is 0 Å². The number of nitrogens with zero attached hydrogens (tertiary/aromatic N) is 2. The molecule has 0 aromatic rings. The molecular weight excluding hydrogens is 188 g/mol. The van der Waals surface area contributed by atoms with Gasteiger partial charge < -0.3 is 14.9 Å². The van der Waals surface area contributed by atoms with Gasteiger partial charge in [-0.3, -0.25) is 0 Å². The maximum Gasteiger partial charge on any atom is 0.0471 e. The van der Waals surface area contributed by atoms with Crippen LogP contribution in [0, 0.1) is 5.92 Å². The predicted molar refractivity (Wildman–Crippen MR) is 61.9 cm³/mol. The Morgan fingerprint density at radius 1 is 1.27 bits per heavy atom. The first-order chi connectivity index (χ1) is 7.29. The van der Waals surface area contributed by atoms with Gasteiger partial charge in [0.15, 0.2) is 0 Å². The van der Waals surface area contributed by atoms with E-state index in [1.165, 1.54) is 45.3 Å². The van der Waals surface area contributed by atoms with Gasteiger partial charge >= 0.3 is 0 Å². The highest BCUT2D eigenvalue weighted by Gasteiger charge is 2.24. The Morgan fingerprint density at radius 2 is 2.13 bits per heavy atom. The fourth-order valence-corrected chi connectivity index (χ4v) is 2.94. The van der Waals surface area contributed by atoms with Gasteiger partial charge in [-0.1, -0.05) is 0 Å². The quantitative estimate of drug-likeness (QED) is 0.746. The summed E-state index contributed by atoms with van der Waals surface area (Å²) in [5.74, 6) is 0.548. The van der Waals surface area contributed by atoms with Gasteiger partial charge in [0.2, 0.25) is 0 Å². The molecule has 2 heterocycles. The van der Waals surface area contributed by atoms with Crippen LogP contribution in [-0.4, -0.2) is 60.8 Å². The van der Waals surface area contributed by atoms with Gasteiger partial charge in [-0.15, -0.1) is 0 Å². The van der Waals surface area contributed by atoms with Gasteiger partial charge in [0.1, 0.15) is 0 Å². The Labute approximate surface area is 93.1 Å². The van der Waals surface area contributed by atoms with Gasteiger partial charge in [0.25, 0.3) is 0 Å². The van der Waals surface area contributed by atoms with Crippen molar-refractivity contribution in [1.82, 2.24) is 9.80 Å². The summed E-state index contributed by atoms with van der Waals surface area (Å²) in [6.07, 6.45) is 5.26. The van der Waals surface area contributed by atoms with Crippen molar-refractivity contribution in [1.29, 1.82) is 0 Å². The number of aliphatic hydroxyl groups is 1. The molecule has 0 spiro atoms. The van der Waals surface area contributed by atoms with Crippen molar-refractivity contribution in [3.8, 4) is 0 Å². The molecule has 2 aliphatic heterocycles. The first-order valence-electron chi connectivity index (χ1n) is 6.33. The van der Waals surface area contributed by atoms with Crippen LogP contribution < -0.4 is 0 Å². The molecule has 2 atom stereocenters. The molecule has 0 radical (unpaired) electrons. The second kappa shape index (κ2) is 5.28. The zero-order valence-corrected chi connectivity index (χ0v) is 9.86. The molecule has 0 aromatic carbocycles. The molecule has 3 nitrogen and oxygen atoms in total. The number of likely N-dealkylation sites (tertiary alicyclic amines) is 2. The molecule has 0 bridgehead atoms. The minimum Gasteiger partial charge on any atom is -0.396 e. The Kier molecular flexibility index (Phi) is 4.00. The van der Waals surface area contributed by atoms with Crippen molar-refractivity contribution in [2.45, 2.75) is 31.7 Å². The summed E-state index contributed by atoms with van der Waals surface area (Å²) in [5, 5.41) is 9.07. The molecule has 3 heteroatoms. The maximum atomic E-state index is 9.07. The molecule has 2 unspecified atom stereocenters. The molecule has 15 heavy (non-hydrogen) atoms. The standard InChI is InChI=1S/C12H24N2O/c1-13-6-2-3-12(13)5-8-14-7-4-11(9-14)10-15/h11-12,15H,2-10H2,1H3. The molecule has 0 amide bonds. The first-order valence-corrected chi connectivity index (χ1v) is 6.33. The second-order valence-electron chi connectivity index (χ2n) is 5.20. The van der Waals surface area contributed by atoms with Gasteiger partial charge in [-0.05, 0) is 58.3 Å². The summed E-state index contributed by atoms with van der Waals surface area (Å²) in [4.78, 5) is 5.02. The largest absolute Gasteiger partial charge is 0.396 e.